The van der Waals surface area contributed by atoms with Gasteiger partial charge < -0.3 is 0 Å². The summed E-state index contributed by atoms with van der Waals surface area (Å²) in [5.41, 5.74) is 11.0. The Morgan fingerprint density at radius 1 is 0.403 bits per heavy atom. The van der Waals surface area contributed by atoms with Crippen LogP contribution < -0.4 is 0 Å². The molecule has 11 rings (SSSR count). The zero-order valence-electron chi connectivity index (χ0n) is 35.7. The summed E-state index contributed by atoms with van der Waals surface area (Å²) in [5, 5.41) is 3.04. The molecule has 2 unspecified atom stereocenters. The Bertz CT molecular complexity index is 2770. The van der Waals surface area contributed by atoms with Crippen molar-refractivity contribution in [2.75, 3.05) is 13.1 Å². The van der Waals surface area contributed by atoms with E-state index in [0.717, 1.165) is 71.6 Å². The van der Waals surface area contributed by atoms with Crippen LogP contribution in [0.15, 0.2) is 60.7 Å². The minimum absolute atomic E-state index is 0.215. The van der Waals surface area contributed by atoms with E-state index in [4.69, 9.17) is 19.9 Å². The van der Waals surface area contributed by atoms with E-state index in [2.05, 4.69) is 27.7 Å². The lowest BCUT2D eigenvalue weighted by atomic mass is 9.90. The van der Waals surface area contributed by atoms with Crippen LogP contribution in [0.5, 0.6) is 0 Å². The van der Waals surface area contributed by atoms with Gasteiger partial charge in [0.15, 0.2) is 0 Å². The first-order valence-electron chi connectivity index (χ1n) is 22.6. The molecule has 2 aromatic heterocycles. The maximum absolute atomic E-state index is 14.0. The van der Waals surface area contributed by atoms with E-state index < -0.39 is 0 Å². The van der Waals surface area contributed by atoms with Crippen LogP contribution >= 0.6 is 0 Å². The first-order chi connectivity index (χ1) is 30.2. The highest BCUT2D eigenvalue weighted by atomic mass is 16.2. The summed E-state index contributed by atoms with van der Waals surface area (Å²) in [5.74, 6) is -0.550. The van der Waals surface area contributed by atoms with Crippen LogP contribution in [0, 0.1) is 11.8 Å². The lowest BCUT2D eigenvalue weighted by molar-refractivity contribution is 0.0571. The smallest absolute Gasteiger partial charge is 0.261 e. The van der Waals surface area contributed by atoms with E-state index in [0.29, 0.717) is 91.0 Å². The number of rotatable bonds is 14. The van der Waals surface area contributed by atoms with Crippen LogP contribution in [0.25, 0.3) is 88.6 Å². The van der Waals surface area contributed by atoms with Crippen LogP contribution in [-0.4, -0.2) is 66.5 Å². The molecule has 0 N–H and O–H groups in total. The second-order valence-electron chi connectivity index (χ2n) is 18.2. The molecule has 0 fully saturated rings. The number of benzene rings is 5. The van der Waals surface area contributed by atoms with Gasteiger partial charge in [-0.15, -0.1) is 0 Å². The van der Waals surface area contributed by atoms with Crippen molar-refractivity contribution in [2.45, 2.75) is 91.9 Å². The Hall–Kier alpha value is -6.42. The van der Waals surface area contributed by atoms with E-state index >= 15 is 0 Å². The van der Waals surface area contributed by atoms with E-state index in [9.17, 15) is 19.2 Å². The normalized spacial score (nSPS) is 15.5. The maximum Gasteiger partial charge on any atom is 0.261 e. The summed E-state index contributed by atoms with van der Waals surface area (Å²) in [6.07, 6.45) is 11.2. The van der Waals surface area contributed by atoms with Crippen molar-refractivity contribution in [1.29, 1.82) is 0 Å². The average molecular weight is 821 g/mol. The molecular weight excluding hydrogens is 773 g/mol. The summed E-state index contributed by atoms with van der Waals surface area (Å²) in [4.78, 5) is 79.5. The van der Waals surface area contributed by atoms with Crippen molar-refractivity contribution in [3.8, 4) is 45.0 Å². The highest BCUT2D eigenvalue weighted by Crippen LogP contribution is 2.51. The number of amides is 4. The minimum Gasteiger partial charge on any atom is -0.274 e. The van der Waals surface area contributed by atoms with Gasteiger partial charge in [0.2, 0.25) is 0 Å². The molecule has 0 spiro atoms. The zero-order valence-corrected chi connectivity index (χ0v) is 35.7. The SMILES string of the molecule is CCCCCCC(C)CN1C(=O)c2ccc3c4c(ccc(c24)C1=O)-c1nc2cc4nc5c(nc4cc2nc1-3)-c1ccc2c3c(ccc-5c13)C(=O)N(CC(C)CCCCCC)C2=O. The number of unbranched alkanes of at least 4 members (excludes halogenated alkanes) is 6. The molecular formula is C52H48N6O4. The summed E-state index contributed by atoms with van der Waals surface area (Å²) in [7, 11) is 0. The van der Waals surface area contributed by atoms with Crippen LogP contribution in [0.4, 0.5) is 0 Å². The third kappa shape index (κ3) is 5.67. The molecule has 0 saturated heterocycles. The predicted molar refractivity (Wildman–Crippen MR) is 243 cm³/mol. The summed E-state index contributed by atoms with van der Waals surface area (Å²) in [6.45, 7) is 9.45. The van der Waals surface area contributed by atoms with Gasteiger partial charge in [0, 0.05) is 79.1 Å². The van der Waals surface area contributed by atoms with Crippen molar-refractivity contribution < 1.29 is 19.2 Å². The molecule has 2 aliphatic heterocycles. The Morgan fingerprint density at radius 2 is 0.677 bits per heavy atom. The molecule has 7 aromatic rings. The van der Waals surface area contributed by atoms with E-state index in [1.807, 2.05) is 60.7 Å². The van der Waals surface area contributed by atoms with Crippen molar-refractivity contribution in [1.82, 2.24) is 29.7 Å². The number of nitrogens with zero attached hydrogens (tertiary/aromatic N) is 6. The first-order valence-corrected chi connectivity index (χ1v) is 22.6. The fraction of sp³-hybridized carbons (Fsp3) is 0.346. The van der Waals surface area contributed by atoms with Gasteiger partial charge in [0.25, 0.3) is 23.6 Å². The molecule has 4 aliphatic rings. The van der Waals surface area contributed by atoms with E-state index in [1.54, 1.807) is 0 Å². The van der Waals surface area contributed by atoms with Crippen molar-refractivity contribution in [2.24, 2.45) is 11.8 Å². The number of carbonyl (C=O) groups is 4. The van der Waals surface area contributed by atoms with Crippen LogP contribution in [-0.2, 0) is 0 Å². The highest BCUT2D eigenvalue weighted by Gasteiger charge is 2.39. The van der Waals surface area contributed by atoms with Gasteiger partial charge >= 0.3 is 0 Å². The van der Waals surface area contributed by atoms with Gasteiger partial charge in [0.05, 0.1) is 44.8 Å². The molecule has 4 amide bonds. The van der Waals surface area contributed by atoms with Gasteiger partial charge in [-0.25, -0.2) is 19.9 Å². The molecule has 10 nitrogen and oxygen atoms in total. The number of hydrogen-bond donors (Lipinski definition) is 0. The van der Waals surface area contributed by atoms with Crippen molar-refractivity contribution in [3.63, 3.8) is 0 Å². The largest absolute Gasteiger partial charge is 0.274 e. The fourth-order valence-corrected chi connectivity index (χ4v) is 10.6. The molecule has 0 saturated carbocycles. The summed E-state index contributed by atoms with van der Waals surface area (Å²) < 4.78 is 0. The number of imide groups is 2. The quantitative estimate of drug-likeness (QED) is 0.0603. The lowest BCUT2D eigenvalue weighted by Crippen LogP contribution is -2.42. The van der Waals surface area contributed by atoms with Gasteiger partial charge in [-0.1, -0.05) is 103 Å². The lowest BCUT2D eigenvalue weighted by Gasteiger charge is -2.29. The van der Waals surface area contributed by atoms with E-state index in [1.165, 1.54) is 35.5 Å². The molecule has 10 heteroatoms. The van der Waals surface area contributed by atoms with Gasteiger partial charge in [-0.2, -0.15) is 0 Å². The van der Waals surface area contributed by atoms with Crippen LogP contribution in [0.1, 0.15) is 133 Å². The molecule has 62 heavy (non-hydrogen) atoms. The Labute approximate surface area is 359 Å². The highest BCUT2D eigenvalue weighted by molar-refractivity contribution is 6.32. The predicted octanol–water partition coefficient (Wildman–Crippen LogP) is 11.6. The number of carbonyl (C=O) groups excluding carboxylic acids is 4. The molecule has 2 atom stereocenters. The molecule has 0 radical (unpaired) electrons. The number of fused-ring (bicyclic) bond motifs is 8. The number of aromatic nitrogens is 4. The second-order valence-corrected chi connectivity index (χ2v) is 18.2. The topological polar surface area (TPSA) is 126 Å². The number of hydrogen-bond acceptors (Lipinski definition) is 8. The monoisotopic (exact) mass is 820 g/mol. The van der Waals surface area contributed by atoms with Crippen LogP contribution in [0.3, 0.4) is 0 Å². The first kappa shape index (κ1) is 38.5. The van der Waals surface area contributed by atoms with Crippen molar-refractivity contribution >= 4 is 67.2 Å². The molecule has 0 bridgehead atoms. The summed E-state index contributed by atoms with van der Waals surface area (Å²) in [6, 6.07) is 19.0. The summed E-state index contributed by atoms with van der Waals surface area (Å²) >= 11 is 0. The standard InChI is InChI=1S/C52H48N6O4/c1-5-7-9-11-13-27(3)25-57-49(59)33-19-15-29-41-30(16-20-34(43(33)41)50(57)60)46-45(29)53-37-23-39-40(24-38(37)54-46)56-48-32-18-22-36-44-35(21-17-31(42(32)44)47(48)55-39)51(61)58(52(36)62)26-28(4)14-12-10-8-6-2/h15-24,27-28H,5-14,25-26H2,1-4H3. The van der Waals surface area contributed by atoms with Crippen LogP contribution in [0.2, 0.25) is 0 Å². The third-order valence-corrected chi connectivity index (χ3v) is 13.8. The van der Waals surface area contributed by atoms with Crippen molar-refractivity contribution in [3.05, 3.63) is 82.9 Å². The van der Waals surface area contributed by atoms with Gasteiger partial charge in [0.1, 0.15) is 0 Å². The Kier molecular flexibility index (Phi) is 9.07. The molecule has 5 aromatic carbocycles. The fourth-order valence-electron chi connectivity index (χ4n) is 10.6. The van der Waals surface area contributed by atoms with E-state index in [-0.39, 0.29) is 35.5 Å². The maximum atomic E-state index is 14.0. The molecule has 310 valence electrons. The minimum atomic E-state index is -0.245. The third-order valence-electron chi connectivity index (χ3n) is 13.8. The molecule has 4 heterocycles. The Balaban J connectivity index is 0.934. The Morgan fingerprint density at radius 3 is 0.968 bits per heavy atom. The zero-order chi connectivity index (χ0) is 42.6. The molecule has 2 aliphatic carbocycles. The van der Waals surface area contributed by atoms with Gasteiger partial charge in [-0.05, 0) is 61.1 Å². The second kappa shape index (κ2) is 14.6. The van der Waals surface area contributed by atoms with Gasteiger partial charge in [-0.3, -0.25) is 29.0 Å². The average Bonchev–Trinajstić information content (AvgIpc) is 3.76.